The molecule has 2 rings (SSSR count). The van der Waals surface area contributed by atoms with Crippen LogP contribution in [0.4, 0.5) is 17.6 Å². The number of benzene rings is 2. The Balaban J connectivity index is 0.00000450. The maximum absolute atomic E-state index is 13.5. The standard InChI is InChI=1S/C20H22F4N4O.HI/c1-13-3-6-15(11-17(13)21)18(29)26-9-10-27-19(25-2)28-12-14-4-7-16(8-5-14)20(22,23)24;/h3-8,11H,9-10,12H2,1-2H3,(H,26,29)(H2,25,27,28);1H. The van der Waals surface area contributed by atoms with Crippen LogP contribution in [0.5, 0.6) is 0 Å². The van der Waals surface area contributed by atoms with Crippen molar-refractivity contribution in [2.24, 2.45) is 4.99 Å². The Morgan fingerprint density at radius 2 is 1.63 bits per heavy atom. The van der Waals surface area contributed by atoms with Crippen LogP contribution < -0.4 is 16.0 Å². The summed E-state index contributed by atoms with van der Waals surface area (Å²) < 4.78 is 51.2. The van der Waals surface area contributed by atoms with Crippen molar-refractivity contribution in [2.45, 2.75) is 19.6 Å². The van der Waals surface area contributed by atoms with Gasteiger partial charge in [-0.25, -0.2) is 4.39 Å². The predicted octanol–water partition coefficient (Wildman–Crippen LogP) is 3.87. The molecule has 164 valence electrons. The lowest BCUT2D eigenvalue weighted by molar-refractivity contribution is -0.137. The molecule has 0 spiro atoms. The first-order chi connectivity index (χ1) is 13.7. The Bertz CT molecular complexity index is 870. The number of hydrogen-bond acceptors (Lipinski definition) is 2. The highest BCUT2D eigenvalue weighted by Gasteiger charge is 2.29. The first-order valence-corrected chi connectivity index (χ1v) is 8.85. The summed E-state index contributed by atoms with van der Waals surface area (Å²) in [5.41, 5.74) is 0.660. The molecule has 0 radical (unpaired) electrons. The summed E-state index contributed by atoms with van der Waals surface area (Å²) in [7, 11) is 1.55. The number of aliphatic imine (C=N–C) groups is 1. The van der Waals surface area contributed by atoms with Gasteiger partial charge in [0, 0.05) is 32.2 Å². The van der Waals surface area contributed by atoms with Crippen LogP contribution in [0.2, 0.25) is 0 Å². The highest BCUT2D eigenvalue weighted by atomic mass is 127. The molecule has 0 unspecified atom stereocenters. The van der Waals surface area contributed by atoms with Crippen LogP contribution >= 0.6 is 24.0 Å². The SMILES string of the molecule is CN=C(NCCNC(=O)c1ccc(C)c(F)c1)NCc1ccc(C(F)(F)F)cc1.I. The fourth-order valence-electron chi connectivity index (χ4n) is 2.41. The second-order valence-electron chi connectivity index (χ2n) is 6.27. The second kappa shape index (κ2) is 11.7. The third kappa shape index (κ3) is 7.81. The molecule has 0 atom stereocenters. The van der Waals surface area contributed by atoms with Gasteiger partial charge in [-0.15, -0.1) is 24.0 Å². The van der Waals surface area contributed by atoms with Crippen molar-refractivity contribution in [2.75, 3.05) is 20.1 Å². The summed E-state index contributed by atoms with van der Waals surface area (Å²) in [6.45, 7) is 2.53. The topological polar surface area (TPSA) is 65.5 Å². The number of alkyl halides is 3. The van der Waals surface area contributed by atoms with Crippen molar-refractivity contribution in [1.29, 1.82) is 0 Å². The minimum absolute atomic E-state index is 0. The van der Waals surface area contributed by atoms with E-state index in [1.807, 2.05) is 0 Å². The molecule has 0 saturated carbocycles. The summed E-state index contributed by atoms with van der Waals surface area (Å²) in [6.07, 6.45) is -4.36. The number of halogens is 5. The summed E-state index contributed by atoms with van der Waals surface area (Å²) in [4.78, 5) is 16.0. The number of rotatable bonds is 6. The average Bonchev–Trinajstić information content (AvgIpc) is 2.69. The van der Waals surface area contributed by atoms with Crippen molar-refractivity contribution in [1.82, 2.24) is 16.0 Å². The fourth-order valence-corrected chi connectivity index (χ4v) is 2.41. The van der Waals surface area contributed by atoms with Gasteiger partial charge in [-0.2, -0.15) is 13.2 Å². The lowest BCUT2D eigenvalue weighted by Crippen LogP contribution is -2.41. The van der Waals surface area contributed by atoms with Gasteiger partial charge in [0.05, 0.1) is 5.56 Å². The van der Waals surface area contributed by atoms with Crippen LogP contribution in [-0.2, 0) is 12.7 Å². The van der Waals surface area contributed by atoms with E-state index in [4.69, 9.17) is 0 Å². The zero-order valence-electron chi connectivity index (χ0n) is 16.4. The molecule has 0 heterocycles. The van der Waals surface area contributed by atoms with E-state index in [-0.39, 0.29) is 42.6 Å². The number of guanidine groups is 1. The molecule has 0 aromatic heterocycles. The molecule has 0 saturated heterocycles. The molecule has 2 aromatic rings. The lowest BCUT2D eigenvalue weighted by atomic mass is 10.1. The van der Waals surface area contributed by atoms with Crippen molar-refractivity contribution >= 4 is 35.8 Å². The number of carbonyl (C=O) groups is 1. The van der Waals surface area contributed by atoms with Gasteiger partial charge in [0.2, 0.25) is 0 Å². The van der Waals surface area contributed by atoms with Gasteiger partial charge in [0.15, 0.2) is 5.96 Å². The molecule has 0 aliphatic carbocycles. The number of hydrogen-bond donors (Lipinski definition) is 3. The lowest BCUT2D eigenvalue weighted by Gasteiger charge is -2.13. The van der Waals surface area contributed by atoms with Crippen molar-refractivity contribution < 1.29 is 22.4 Å². The molecule has 2 aromatic carbocycles. The molecule has 0 fully saturated rings. The van der Waals surface area contributed by atoms with Gasteiger partial charge in [-0.1, -0.05) is 18.2 Å². The first-order valence-electron chi connectivity index (χ1n) is 8.85. The molecule has 0 aliphatic heterocycles. The van der Waals surface area contributed by atoms with Crippen LogP contribution in [0.3, 0.4) is 0 Å². The highest BCUT2D eigenvalue weighted by molar-refractivity contribution is 14.0. The molecule has 5 nitrogen and oxygen atoms in total. The van der Waals surface area contributed by atoms with Gasteiger partial charge in [0.25, 0.3) is 5.91 Å². The van der Waals surface area contributed by atoms with E-state index in [1.165, 1.54) is 24.3 Å². The number of nitrogens with one attached hydrogen (secondary N) is 3. The molecule has 3 N–H and O–H groups in total. The van der Waals surface area contributed by atoms with E-state index in [9.17, 15) is 22.4 Å². The van der Waals surface area contributed by atoms with Crippen molar-refractivity contribution in [3.05, 3.63) is 70.5 Å². The number of aryl methyl sites for hydroxylation is 1. The van der Waals surface area contributed by atoms with Crippen LogP contribution in [0.15, 0.2) is 47.5 Å². The molecule has 0 aliphatic rings. The molecule has 10 heteroatoms. The number of amides is 1. The summed E-state index contributed by atoms with van der Waals surface area (Å²) in [5, 5.41) is 8.61. The third-order valence-electron chi connectivity index (χ3n) is 4.10. The third-order valence-corrected chi connectivity index (χ3v) is 4.10. The van der Waals surface area contributed by atoms with E-state index in [0.717, 1.165) is 12.1 Å². The number of carbonyl (C=O) groups excluding carboxylic acids is 1. The smallest absolute Gasteiger partial charge is 0.355 e. The molecule has 30 heavy (non-hydrogen) atoms. The maximum Gasteiger partial charge on any atom is 0.416 e. The molecular formula is C20H23F4IN4O. The van der Waals surface area contributed by atoms with E-state index < -0.39 is 23.5 Å². The van der Waals surface area contributed by atoms with E-state index in [2.05, 4.69) is 20.9 Å². The minimum atomic E-state index is -4.36. The highest BCUT2D eigenvalue weighted by Crippen LogP contribution is 2.29. The molecular weight excluding hydrogens is 515 g/mol. The van der Waals surface area contributed by atoms with Crippen LogP contribution in [0.1, 0.15) is 27.0 Å². The Morgan fingerprint density at radius 3 is 2.20 bits per heavy atom. The maximum atomic E-state index is 13.5. The zero-order chi connectivity index (χ0) is 21.4. The largest absolute Gasteiger partial charge is 0.416 e. The van der Waals surface area contributed by atoms with E-state index in [1.54, 1.807) is 20.0 Å². The molecule has 0 bridgehead atoms. The normalized spacial score (nSPS) is 11.5. The average molecular weight is 538 g/mol. The fraction of sp³-hybridized carbons (Fsp3) is 0.300. The van der Waals surface area contributed by atoms with Crippen LogP contribution in [-0.4, -0.2) is 32.0 Å². The Labute approximate surface area is 189 Å². The van der Waals surface area contributed by atoms with Gasteiger partial charge in [-0.3, -0.25) is 9.79 Å². The van der Waals surface area contributed by atoms with Crippen molar-refractivity contribution in [3.8, 4) is 0 Å². The Morgan fingerprint density at radius 1 is 1.00 bits per heavy atom. The van der Waals surface area contributed by atoms with E-state index >= 15 is 0 Å². The molecule has 1 amide bonds. The second-order valence-corrected chi connectivity index (χ2v) is 6.27. The van der Waals surface area contributed by atoms with Gasteiger partial charge in [-0.05, 0) is 42.3 Å². The van der Waals surface area contributed by atoms with Crippen LogP contribution in [0.25, 0.3) is 0 Å². The van der Waals surface area contributed by atoms with Gasteiger partial charge in [0.1, 0.15) is 5.82 Å². The van der Waals surface area contributed by atoms with E-state index in [0.29, 0.717) is 23.6 Å². The van der Waals surface area contributed by atoms with Gasteiger partial charge < -0.3 is 16.0 Å². The summed E-state index contributed by atoms with van der Waals surface area (Å²) in [5.74, 6) is -0.400. The Kier molecular flexibility index (Phi) is 10.0. The minimum Gasteiger partial charge on any atom is -0.355 e. The van der Waals surface area contributed by atoms with Crippen LogP contribution in [0, 0.1) is 12.7 Å². The summed E-state index contributed by atoms with van der Waals surface area (Å²) >= 11 is 0. The summed E-state index contributed by atoms with van der Waals surface area (Å²) in [6, 6.07) is 9.10. The number of nitrogens with zero attached hydrogens (tertiary/aromatic N) is 1. The quantitative estimate of drug-likeness (QED) is 0.172. The van der Waals surface area contributed by atoms with Gasteiger partial charge >= 0.3 is 6.18 Å². The first kappa shape index (κ1) is 25.7. The monoisotopic (exact) mass is 538 g/mol. The Hall–Kier alpha value is -2.37. The van der Waals surface area contributed by atoms with Crippen molar-refractivity contribution in [3.63, 3.8) is 0 Å². The predicted molar refractivity (Wildman–Crippen MR) is 119 cm³/mol. The zero-order valence-corrected chi connectivity index (χ0v) is 18.8.